The quantitative estimate of drug-likeness (QED) is 0.284. The van der Waals surface area contributed by atoms with Gasteiger partial charge in [0.25, 0.3) is 5.56 Å². The SMILES string of the molecule is Cc1cc([C@@H](C)Nc2ccc(Cl)nc2C(=O)O)c2nc(-c3ccc(-c4nc(C)co4)nc3)n(C)c(=O)c2c1. The first kappa shape index (κ1) is 25.1. The van der Waals surface area contributed by atoms with Gasteiger partial charge in [0, 0.05) is 24.4 Å². The van der Waals surface area contributed by atoms with Gasteiger partial charge >= 0.3 is 5.97 Å². The summed E-state index contributed by atoms with van der Waals surface area (Å²) < 4.78 is 6.92. The maximum Gasteiger partial charge on any atom is 0.356 e. The van der Waals surface area contributed by atoms with E-state index >= 15 is 0 Å². The van der Waals surface area contributed by atoms with E-state index in [0.717, 1.165) is 16.8 Å². The number of anilines is 1. The molecule has 192 valence electrons. The number of oxazole rings is 1. The summed E-state index contributed by atoms with van der Waals surface area (Å²) in [5.41, 5.74) is 3.94. The molecule has 0 bridgehead atoms. The molecule has 5 aromatic rings. The number of aromatic nitrogens is 5. The monoisotopic (exact) mass is 530 g/mol. The van der Waals surface area contributed by atoms with Crippen LogP contribution in [0.2, 0.25) is 5.15 Å². The van der Waals surface area contributed by atoms with Gasteiger partial charge in [-0.2, -0.15) is 0 Å². The van der Waals surface area contributed by atoms with E-state index in [4.69, 9.17) is 21.0 Å². The predicted molar refractivity (Wildman–Crippen MR) is 143 cm³/mol. The average molecular weight is 531 g/mol. The summed E-state index contributed by atoms with van der Waals surface area (Å²) >= 11 is 5.90. The maximum absolute atomic E-state index is 13.4. The van der Waals surface area contributed by atoms with Crippen molar-refractivity contribution >= 4 is 34.2 Å². The molecule has 0 radical (unpaired) electrons. The molecule has 0 unspecified atom stereocenters. The summed E-state index contributed by atoms with van der Waals surface area (Å²) in [5, 5.41) is 13.3. The molecule has 5 rings (SSSR count). The normalized spacial score (nSPS) is 12.0. The molecule has 0 aliphatic carbocycles. The highest BCUT2D eigenvalue weighted by Gasteiger charge is 2.20. The fourth-order valence-corrected chi connectivity index (χ4v) is 4.44. The number of carboxylic acid groups (broad SMARTS) is 1. The van der Waals surface area contributed by atoms with Gasteiger partial charge in [-0.25, -0.2) is 19.7 Å². The largest absolute Gasteiger partial charge is 0.476 e. The summed E-state index contributed by atoms with van der Waals surface area (Å²) in [5.74, 6) is -0.368. The van der Waals surface area contributed by atoms with E-state index < -0.39 is 12.0 Å². The Balaban J connectivity index is 1.60. The number of nitrogens with zero attached hydrogens (tertiary/aromatic N) is 5. The molecule has 0 fully saturated rings. The highest BCUT2D eigenvalue weighted by molar-refractivity contribution is 6.29. The third-order valence-corrected chi connectivity index (χ3v) is 6.33. The summed E-state index contributed by atoms with van der Waals surface area (Å²) in [7, 11) is 1.66. The zero-order chi connectivity index (χ0) is 27.1. The van der Waals surface area contributed by atoms with Crippen LogP contribution in [0, 0.1) is 13.8 Å². The Kier molecular flexibility index (Phi) is 6.41. The van der Waals surface area contributed by atoms with Crippen molar-refractivity contribution in [1.29, 1.82) is 0 Å². The number of halogens is 1. The molecule has 38 heavy (non-hydrogen) atoms. The van der Waals surface area contributed by atoms with Crippen molar-refractivity contribution in [2.24, 2.45) is 7.05 Å². The van der Waals surface area contributed by atoms with Crippen molar-refractivity contribution in [3.63, 3.8) is 0 Å². The average Bonchev–Trinajstić information content (AvgIpc) is 3.33. The lowest BCUT2D eigenvalue weighted by Crippen LogP contribution is -2.22. The number of rotatable bonds is 6. The van der Waals surface area contributed by atoms with Gasteiger partial charge in [0.05, 0.1) is 28.3 Å². The molecule has 4 heterocycles. The molecule has 0 saturated heterocycles. The molecular weight excluding hydrogens is 508 g/mol. The van der Waals surface area contributed by atoms with E-state index in [2.05, 4.69) is 20.3 Å². The molecule has 1 atom stereocenters. The number of aryl methyl sites for hydroxylation is 2. The van der Waals surface area contributed by atoms with Gasteiger partial charge < -0.3 is 14.8 Å². The van der Waals surface area contributed by atoms with Crippen LogP contribution in [-0.2, 0) is 7.05 Å². The number of hydrogen-bond acceptors (Lipinski definition) is 8. The number of hydrogen-bond donors (Lipinski definition) is 2. The van der Waals surface area contributed by atoms with Gasteiger partial charge in [-0.05, 0) is 56.7 Å². The Labute approximate surface area is 222 Å². The van der Waals surface area contributed by atoms with Gasteiger partial charge in [-0.15, -0.1) is 0 Å². The van der Waals surface area contributed by atoms with Crippen molar-refractivity contribution in [3.05, 3.63) is 86.9 Å². The Bertz CT molecular complexity index is 1760. The molecule has 2 N–H and O–H groups in total. The Morgan fingerprint density at radius 2 is 1.92 bits per heavy atom. The number of carboxylic acids is 1. The fraction of sp³-hybridized carbons (Fsp3) is 0.185. The third-order valence-electron chi connectivity index (χ3n) is 6.12. The smallest absolute Gasteiger partial charge is 0.356 e. The predicted octanol–water partition coefficient (Wildman–Crippen LogP) is 5.19. The minimum absolute atomic E-state index is 0.0778. The number of benzene rings is 1. The van der Waals surface area contributed by atoms with Gasteiger partial charge in [0.2, 0.25) is 5.89 Å². The van der Waals surface area contributed by atoms with Crippen LogP contribution in [0.3, 0.4) is 0 Å². The van der Waals surface area contributed by atoms with Crippen molar-refractivity contribution in [3.8, 4) is 23.0 Å². The van der Waals surface area contributed by atoms with E-state index in [0.29, 0.717) is 39.6 Å². The van der Waals surface area contributed by atoms with Gasteiger partial charge in [0.15, 0.2) is 5.69 Å². The maximum atomic E-state index is 13.4. The Morgan fingerprint density at radius 1 is 1.13 bits per heavy atom. The summed E-state index contributed by atoms with van der Waals surface area (Å²) in [6, 6.07) is 9.95. The van der Waals surface area contributed by atoms with E-state index in [-0.39, 0.29) is 16.4 Å². The van der Waals surface area contributed by atoms with Crippen LogP contribution in [0.15, 0.2) is 58.1 Å². The van der Waals surface area contributed by atoms with E-state index in [1.807, 2.05) is 32.9 Å². The van der Waals surface area contributed by atoms with Crippen LogP contribution >= 0.6 is 11.6 Å². The van der Waals surface area contributed by atoms with Crippen LogP contribution in [0.1, 0.15) is 40.3 Å². The number of nitrogens with one attached hydrogen (secondary N) is 1. The number of aromatic carboxylic acids is 1. The van der Waals surface area contributed by atoms with Crippen molar-refractivity contribution in [2.75, 3.05) is 5.32 Å². The molecule has 1 aromatic carbocycles. The van der Waals surface area contributed by atoms with Gasteiger partial charge in [-0.1, -0.05) is 17.7 Å². The molecule has 10 nitrogen and oxygen atoms in total. The first-order valence-corrected chi connectivity index (χ1v) is 12.1. The molecule has 0 spiro atoms. The van der Waals surface area contributed by atoms with Crippen LogP contribution < -0.4 is 10.9 Å². The summed E-state index contributed by atoms with van der Waals surface area (Å²) in [6.45, 7) is 5.59. The lowest BCUT2D eigenvalue weighted by molar-refractivity contribution is 0.0691. The third kappa shape index (κ3) is 4.61. The van der Waals surface area contributed by atoms with Crippen molar-refractivity contribution in [2.45, 2.75) is 26.8 Å². The molecule has 0 amide bonds. The molecule has 4 aromatic heterocycles. The highest BCUT2D eigenvalue weighted by atomic mass is 35.5. The molecular formula is C27H23ClN6O4. The Hall–Kier alpha value is -4.57. The van der Waals surface area contributed by atoms with E-state index in [1.54, 1.807) is 37.7 Å². The lowest BCUT2D eigenvalue weighted by Gasteiger charge is -2.20. The topological polar surface area (TPSA) is 136 Å². The molecule has 0 saturated carbocycles. The molecule has 11 heteroatoms. The lowest BCUT2D eigenvalue weighted by atomic mass is 10.0. The van der Waals surface area contributed by atoms with Crippen molar-refractivity contribution in [1.82, 2.24) is 24.5 Å². The van der Waals surface area contributed by atoms with E-state index in [1.165, 1.54) is 10.6 Å². The highest BCUT2D eigenvalue weighted by Crippen LogP contribution is 2.29. The second-order valence-corrected chi connectivity index (χ2v) is 9.36. The molecule has 0 aliphatic heterocycles. The Morgan fingerprint density at radius 3 is 2.58 bits per heavy atom. The number of fused-ring (bicyclic) bond motifs is 1. The fourth-order valence-electron chi connectivity index (χ4n) is 4.29. The van der Waals surface area contributed by atoms with Crippen LogP contribution in [0.25, 0.3) is 33.9 Å². The second kappa shape index (κ2) is 9.71. The minimum Gasteiger partial charge on any atom is -0.476 e. The van der Waals surface area contributed by atoms with Crippen molar-refractivity contribution < 1.29 is 14.3 Å². The first-order chi connectivity index (χ1) is 18.1. The zero-order valence-electron chi connectivity index (χ0n) is 21.0. The van der Waals surface area contributed by atoms with Gasteiger partial charge in [0.1, 0.15) is 22.9 Å². The standard InChI is InChI=1S/C27H23ClN6O4/c1-13-9-17(15(3)31-19-7-8-21(28)32-23(19)27(36)37)22-18(10-13)26(35)34(4)24(33-22)16-5-6-20(29-11-16)25-30-14(2)12-38-25/h5-12,15,31H,1-4H3,(H,36,37)/t15-/m1/s1. The van der Waals surface area contributed by atoms with E-state index in [9.17, 15) is 14.7 Å². The second-order valence-electron chi connectivity index (χ2n) is 8.98. The van der Waals surface area contributed by atoms with Crippen LogP contribution in [-0.4, -0.2) is 35.6 Å². The summed E-state index contributed by atoms with van der Waals surface area (Å²) in [6.07, 6.45) is 3.17. The molecule has 0 aliphatic rings. The first-order valence-electron chi connectivity index (χ1n) is 11.7. The number of pyridine rings is 2. The van der Waals surface area contributed by atoms with Crippen LogP contribution in [0.4, 0.5) is 5.69 Å². The van der Waals surface area contributed by atoms with Crippen LogP contribution in [0.5, 0.6) is 0 Å². The zero-order valence-corrected chi connectivity index (χ0v) is 21.7. The number of carbonyl (C=O) groups is 1. The van der Waals surface area contributed by atoms with Gasteiger partial charge in [-0.3, -0.25) is 14.3 Å². The summed E-state index contributed by atoms with van der Waals surface area (Å²) in [4.78, 5) is 42.7. The minimum atomic E-state index is -1.21.